The van der Waals surface area contributed by atoms with E-state index in [4.69, 9.17) is 0 Å². The van der Waals surface area contributed by atoms with Gasteiger partial charge in [-0.05, 0) is 20.6 Å². The van der Waals surface area contributed by atoms with Gasteiger partial charge in [0.15, 0.2) is 0 Å². The van der Waals surface area contributed by atoms with Crippen molar-refractivity contribution < 1.29 is 0 Å². The molecule has 0 radical (unpaired) electrons. The summed E-state index contributed by atoms with van der Waals surface area (Å²) < 4.78 is 0. The lowest BCUT2D eigenvalue weighted by Gasteiger charge is -2.18. The predicted octanol–water partition coefficient (Wildman–Crippen LogP) is 2.63. The number of unbranched alkanes of at least 4 members (excludes halogenated alkanes) is 2. The van der Waals surface area contributed by atoms with E-state index in [0.717, 1.165) is 0 Å². The Balaban J connectivity index is 3.37. The van der Waals surface area contributed by atoms with E-state index in [-0.39, 0.29) is 0 Å². The Kier molecular flexibility index (Phi) is 4.88. The lowest BCUT2D eigenvalue weighted by molar-refractivity contribution is 0.553. The molecule has 10 heavy (non-hydrogen) atoms. The van der Waals surface area contributed by atoms with Crippen LogP contribution in [0.25, 0.3) is 0 Å². The van der Waals surface area contributed by atoms with Crippen LogP contribution in [0.5, 0.6) is 0 Å². The van der Waals surface area contributed by atoms with Crippen LogP contribution in [0.15, 0.2) is 0 Å². The third-order valence-electron chi connectivity index (χ3n) is 1.98. The summed E-state index contributed by atoms with van der Waals surface area (Å²) in [5, 5.41) is 0.565. The third-order valence-corrected chi connectivity index (χ3v) is 3.37. The van der Waals surface area contributed by atoms with Crippen molar-refractivity contribution in [3.63, 3.8) is 0 Å². The minimum atomic E-state index is 0.405. The molecule has 1 heteroatoms. The van der Waals surface area contributed by atoms with Gasteiger partial charge in [-0.3, -0.25) is 0 Å². The maximum atomic E-state index is 4.02. The maximum Gasteiger partial charge on any atom is -0.00927 e. The number of hydrogen-bond donors (Lipinski definition) is 0. The molecule has 0 spiro atoms. The fourth-order valence-corrected chi connectivity index (χ4v) is 1.34. The zero-order valence-corrected chi connectivity index (χ0v) is 8.77. The normalized spacial score (nSPS) is 11.5. The average Bonchev–Trinajstić information content (AvgIpc) is 1.89. The standard InChI is InChI=1S/C9H20Si/c1-5-6-7-8-9(2,3)10-4/h10H,4-8H2,1-3H3. The van der Waals surface area contributed by atoms with Crippen molar-refractivity contribution in [3.8, 4) is 0 Å². The summed E-state index contributed by atoms with van der Waals surface area (Å²) in [7, 11) is 0.405. The lowest BCUT2D eigenvalue weighted by Crippen LogP contribution is -2.05. The Labute approximate surface area is 67.5 Å². The van der Waals surface area contributed by atoms with Crippen molar-refractivity contribution in [2.45, 2.75) is 51.5 Å². The van der Waals surface area contributed by atoms with Crippen LogP contribution in [-0.2, 0) is 0 Å². The second kappa shape index (κ2) is 4.83. The van der Waals surface area contributed by atoms with E-state index in [1.165, 1.54) is 25.7 Å². The molecule has 0 nitrogen and oxygen atoms in total. The number of rotatable bonds is 5. The SMILES string of the molecule is C=[SiH]C(C)(C)CCCCC. The lowest BCUT2D eigenvalue weighted by atomic mass is 10.0. The molecular formula is C9H20Si. The van der Waals surface area contributed by atoms with Crippen molar-refractivity contribution in [1.82, 2.24) is 0 Å². The van der Waals surface area contributed by atoms with Crippen LogP contribution >= 0.6 is 0 Å². The minimum absolute atomic E-state index is 0.405. The van der Waals surface area contributed by atoms with Crippen molar-refractivity contribution in [1.29, 1.82) is 0 Å². The zero-order chi connectivity index (χ0) is 8.04. The molecule has 0 aliphatic carbocycles. The minimum Gasteiger partial charge on any atom is -0.121 e. The highest BCUT2D eigenvalue weighted by atomic mass is 28.2. The highest BCUT2D eigenvalue weighted by molar-refractivity contribution is 6.44. The fraction of sp³-hybridized carbons (Fsp3) is 0.889. The molecule has 0 N–H and O–H groups in total. The molecule has 0 saturated heterocycles. The quantitative estimate of drug-likeness (QED) is 0.424. The summed E-state index contributed by atoms with van der Waals surface area (Å²) in [5.74, 6) is 0. The molecule has 0 heterocycles. The first-order chi connectivity index (χ1) is 4.62. The largest absolute Gasteiger partial charge is 0.121 e. The van der Waals surface area contributed by atoms with Gasteiger partial charge in [0.25, 0.3) is 0 Å². The molecule has 0 rings (SSSR count). The Bertz CT molecular complexity index is 94.9. The van der Waals surface area contributed by atoms with Gasteiger partial charge in [-0.15, -0.1) is 6.17 Å². The fourth-order valence-electron chi connectivity index (χ4n) is 0.933. The van der Waals surface area contributed by atoms with Crippen LogP contribution in [-0.4, -0.2) is 15.3 Å². The van der Waals surface area contributed by atoms with Crippen molar-refractivity contribution >= 4 is 15.3 Å². The Morgan fingerprint density at radius 2 is 1.90 bits per heavy atom. The summed E-state index contributed by atoms with van der Waals surface area (Å²) in [5.41, 5.74) is 0. The molecule has 0 aliphatic rings. The van der Waals surface area contributed by atoms with Crippen LogP contribution in [0, 0.1) is 0 Å². The van der Waals surface area contributed by atoms with E-state index in [1.54, 1.807) is 0 Å². The molecule has 0 aliphatic heterocycles. The molecule has 0 amide bonds. The van der Waals surface area contributed by atoms with E-state index < -0.39 is 0 Å². The predicted molar refractivity (Wildman–Crippen MR) is 52.5 cm³/mol. The molecule has 0 atom stereocenters. The van der Waals surface area contributed by atoms with E-state index in [1.807, 2.05) is 0 Å². The number of hydrogen-bond acceptors (Lipinski definition) is 0. The molecule has 0 aromatic rings. The summed E-state index contributed by atoms with van der Waals surface area (Å²) in [6.45, 7) is 6.93. The summed E-state index contributed by atoms with van der Waals surface area (Å²) >= 11 is 0. The average molecular weight is 156 g/mol. The molecule has 0 bridgehead atoms. The van der Waals surface area contributed by atoms with Gasteiger partial charge in [0, 0.05) is 0 Å². The van der Waals surface area contributed by atoms with Crippen LogP contribution in [0.3, 0.4) is 0 Å². The Morgan fingerprint density at radius 3 is 2.30 bits per heavy atom. The van der Waals surface area contributed by atoms with Gasteiger partial charge in [0.1, 0.15) is 0 Å². The van der Waals surface area contributed by atoms with Gasteiger partial charge in [-0.1, -0.05) is 40.0 Å². The summed E-state index contributed by atoms with van der Waals surface area (Å²) in [6.07, 6.45) is 9.52. The Morgan fingerprint density at radius 1 is 1.30 bits per heavy atom. The molecular weight excluding hydrogens is 136 g/mol. The second-order valence-electron chi connectivity index (χ2n) is 3.65. The van der Waals surface area contributed by atoms with Gasteiger partial charge >= 0.3 is 0 Å². The highest BCUT2D eigenvalue weighted by Crippen LogP contribution is 2.27. The molecule has 0 fully saturated rings. The third kappa shape index (κ3) is 4.92. The van der Waals surface area contributed by atoms with Gasteiger partial charge in [0.05, 0.1) is 0 Å². The monoisotopic (exact) mass is 156 g/mol. The topological polar surface area (TPSA) is 0 Å². The molecule has 0 saturated carbocycles. The summed E-state index contributed by atoms with van der Waals surface area (Å²) in [6, 6.07) is 0. The van der Waals surface area contributed by atoms with Crippen LogP contribution in [0.1, 0.15) is 46.5 Å². The van der Waals surface area contributed by atoms with E-state index >= 15 is 0 Å². The smallest absolute Gasteiger partial charge is 0.00927 e. The molecule has 60 valence electrons. The van der Waals surface area contributed by atoms with Crippen molar-refractivity contribution in [3.05, 3.63) is 0 Å². The van der Waals surface area contributed by atoms with Gasteiger partial charge in [-0.2, -0.15) is 0 Å². The van der Waals surface area contributed by atoms with E-state index in [9.17, 15) is 0 Å². The first-order valence-corrected chi connectivity index (χ1v) is 5.65. The first kappa shape index (κ1) is 10.1. The zero-order valence-electron chi connectivity index (χ0n) is 7.61. The Hall–Kier alpha value is 0.0869. The van der Waals surface area contributed by atoms with Crippen LogP contribution in [0.2, 0.25) is 5.04 Å². The second-order valence-corrected chi connectivity index (χ2v) is 5.62. The molecule has 0 unspecified atom stereocenters. The van der Waals surface area contributed by atoms with Crippen LogP contribution < -0.4 is 0 Å². The van der Waals surface area contributed by atoms with Gasteiger partial charge in [-0.25, -0.2) is 0 Å². The van der Waals surface area contributed by atoms with Crippen LogP contribution in [0.4, 0.5) is 0 Å². The summed E-state index contributed by atoms with van der Waals surface area (Å²) in [4.78, 5) is 0. The van der Waals surface area contributed by atoms with E-state index in [0.29, 0.717) is 14.2 Å². The van der Waals surface area contributed by atoms with Gasteiger partial charge < -0.3 is 0 Å². The molecule has 0 aromatic carbocycles. The van der Waals surface area contributed by atoms with Crippen molar-refractivity contribution in [2.24, 2.45) is 0 Å². The van der Waals surface area contributed by atoms with E-state index in [2.05, 4.69) is 26.9 Å². The van der Waals surface area contributed by atoms with Gasteiger partial charge in [0.2, 0.25) is 0 Å². The first-order valence-electron chi connectivity index (χ1n) is 4.26. The maximum absolute atomic E-state index is 4.02. The van der Waals surface area contributed by atoms with Crippen molar-refractivity contribution in [2.75, 3.05) is 0 Å². The molecule has 0 aromatic heterocycles. The highest BCUT2D eigenvalue weighted by Gasteiger charge is 2.10.